The molecule has 0 amide bonds. The van der Waals surface area contributed by atoms with Gasteiger partial charge in [0.25, 0.3) is 0 Å². The van der Waals surface area contributed by atoms with Gasteiger partial charge in [-0.15, -0.1) is 0 Å². The highest BCUT2D eigenvalue weighted by atomic mass is 19.1. The lowest BCUT2D eigenvalue weighted by Crippen LogP contribution is -1.98. The van der Waals surface area contributed by atoms with Gasteiger partial charge in [0.15, 0.2) is 5.78 Å². The first-order valence-corrected chi connectivity index (χ1v) is 3.77. The van der Waals surface area contributed by atoms with Gasteiger partial charge in [0.05, 0.1) is 5.56 Å². The quantitative estimate of drug-likeness (QED) is 0.507. The summed E-state index contributed by atoms with van der Waals surface area (Å²) in [6.07, 6.45) is 2.74. The van der Waals surface area contributed by atoms with Gasteiger partial charge < -0.3 is 0 Å². The minimum atomic E-state index is -0.830. The van der Waals surface area contributed by atoms with Crippen molar-refractivity contribution in [3.05, 3.63) is 47.5 Å². The van der Waals surface area contributed by atoms with E-state index in [9.17, 15) is 13.6 Å². The van der Waals surface area contributed by atoms with E-state index in [4.69, 9.17) is 0 Å². The summed E-state index contributed by atoms with van der Waals surface area (Å²) >= 11 is 0. The second kappa shape index (κ2) is 3.94. The first-order chi connectivity index (χ1) is 6.15. The minimum Gasteiger partial charge on any atom is -0.289 e. The first-order valence-electron chi connectivity index (χ1n) is 3.77. The lowest BCUT2D eigenvalue weighted by atomic mass is 10.1. The van der Waals surface area contributed by atoms with Crippen molar-refractivity contribution in [1.82, 2.24) is 0 Å². The molecule has 0 aromatic heterocycles. The summed E-state index contributed by atoms with van der Waals surface area (Å²) in [4.78, 5) is 11.1. The molecule has 0 spiro atoms. The molecule has 3 heteroatoms. The molecule has 0 heterocycles. The molecule has 0 aliphatic carbocycles. The fourth-order valence-corrected chi connectivity index (χ4v) is 0.930. The fraction of sp³-hybridized carbons (Fsp3) is 0.100. The van der Waals surface area contributed by atoms with Crippen molar-refractivity contribution in [2.75, 3.05) is 0 Å². The maximum absolute atomic E-state index is 12.9. The van der Waals surface area contributed by atoms with Crippen LogP contribution < -0.4 is 0 Å². The Morgan fingerprint density at radius 2 is 2.08 bits per heavy atom. The second-order valence-corrected chi connectivity index (χ2v) is 2.49. The highest BCUT2D eigenvalue weighted by Crippen LogP contribution is 2.10. The van der Waals surface area contributed by atoms with Crippen molar-refractivity contribution in [3.8, 4) is 0 Å². The molecule has 0 atom stereocenters. The standard InChI is InChI=1S/C10H8F2O/c1-2-3-10(13)8-5-4-7(11)6-9(8)12/h2-6H,1H3/b3-2+. The smallest absolute Gasteiger partial charge is 0.188 e. The van der Waals surface area contributed by atoms with Crippen LogP contribution in [0.4, 0.5) is 8.78 Å². The molecule has 0 saturated heterocycles. The van der Waals surface area contributed by atoms with Crippen LogP contribution in [0.15, 0.2) is 30.4 Å². The Hall–Kier alpha value is -1.51. The Bertz CT molecular complexity index is 356. The SMILES string of the molecule is C/C=C/C(=O)c1ccc(F)cc1F. The molecule has 13 heavy (non-hydrogen) atoms. The lowest BCUT2D eigenvalue weighted by molar-refractivity contribution is 0.104. The zero-order valence-electron chi connectivity index (χ0n) is 7.05. The monoisotopic (exact) mass is 182 g/mol. The highest BCUT2D eigenvalue weighted by Gasteiger charge is 2.08. The third kappa shape index (κ3) is 2.21. The number of benzene rings is 1. The lowest BCUT2D eigenvalue weighted by Gasteiger charge is -1.97. The molecule has 0 aliphatic rings. The summed E-state index contributed by atoms with van der Waals surface area (Å²) < 4.78 is 25.4. The summed E-state index contributed by atoms with van der Waals surface area (Å²) in [5, 5.41) is 0. The van der Waals surface area contributed by atoms with E-state index in [1.54, 1.807) is 6.92 Å². The molecule has 0 N–H and O–H groups in total. The van der Waals surface area contributed by atoms with Gasteiger partial charge in [-0.2, -0.15) is 0 Å². The number of hydrogen-bond donors (Lipinski definition) is 0. The van der Waals surface area contributed by atoms with Crippen LogP contribution >= 0.6 is 0 Å². The van der Waals surface area contributed by atoms with Gasteiger partial charge in [-0.05, 0) is 25.1 Å². The summed E-state index contributed by atoms with van der Waals surface area (Å²) in [5.74, 6) is -1.97. The van der Waals surface area contributed by atoms with Gasteiger partial charge in [-0.25, -0.2) is 8.78 Å². The third-order valence-corrected chi connectivity index (χ3v) is 1.51. The topological polar surface area (TPSA) is 17.1 Å². The molecule has 0 saturated carbocycles. The molecular weight excluding hydrogens is 174 g/mol. The Morgan fingerprint density at radius 3 is 2.62 bits per heavy atom. The maximum atomic E-state index is 12.9. The normalized spacial score (nSPS) is 10.7. The number of ketones is 1. The van der Waals surface area contributed by atoms with Gasteiger partial charge >= 0.3 is 0 Å². The van der Waals surface area contributed by atoms with Gasteiger partial charge in [-0.1, -0.05) is 6.08 Å². The summed E-state index contributed by atoms with van der Waals surface area (Å²) in [5.41, 5.74) is -0.112. The zero-order valence-corrected chi connectivity index (χ0v) is 7.05. The number of halogens is 2. The van der Waals surface area contributed by atoms with Crippen LogP contribution in [0.25, 0.3) is 0 Å². The van der Waals surface area contributed by atoms with Crippen LogP contribution in [0, 0.1) is 11.6 Å². The Kier molecular flexibility index (Phi) is 2.90. The predicted octanol–water partition coefficient (Wildman–Crippen LogP) is 2.72. The number of hydrogen-bond acceptors (Lipinski definition) is 1. The van der Waals surface area contributed by atoms with E-state index in [1.165, 1.54) is 12.2 Å². The second-order valence-electron chi connectivity index (χ2n) is 2.49. The molecule has 1 aromatic rings. The number of carbonyl (C=O) groups excluding carboxylic acids is 1. The average Bonchev–Trinajstić information content (AvgIpc) is 2.04. The molecule has 0 fully saturated rings. The minimum absolute atomic E-state index is 0.112. The summed E-state index contributed by atoms with van der Waals surface area (Å²) in [7, 11) is 0. The van der Waals surface area contributed by atoms with E-state index in [-0.39, 0.29) is 5.56 Å². The van der Waals surface area contributed by atoms with Crippen molar-refractivity contribution in [3.63, 3.8) is 0 Å². The van der Waals surface area contributed by atoms with Gasteiger partial charge in [0.1, 0.15) is 11.6 Å². The van der Waals surface area contributed by atoms with Gasteiger partial charge in [0.2, 0.25) is 0 Å². The van der Waals surface area contributed by atoms with Crippen molar-refractivity contribution < 1.29 is 13.6 Å². The number of allylic oxidation sites excluding steroid dienone is 2. The summed E-state index contributed by atoms with van der Waals surface area (Å²) in [6.45, 7) is 1.65. The molecule has 1 aromatic carbocycles. The zero-order chi connectivity index (χ0) is 9.84. The van der Waals surface area contributed by atoms with Crippen LogP contribution in [-0.2, 0) is 0 Å². The Morgan fingerprint density at radius 1 is 1.38 bits per heavy atom. The maximum Gasteiger partial charge on any atom is 0.188 e. The predicted molar refractivity (Wildman–Crippen MR) is 45.5 cm³/mol. The molecule has 0 unspecified atom stereocenters. The van der Waals surface area contributed by atoms with Crippen LogP contribution in [-0.4, -0.2) is 5.78 Å². The largest absolute Gasteiger partial charge is 0.289 e. The molecule has 1 rings (SSSR count). The molecule has 0 aliphatic heterocycles. The molecule has 1 nitrogen and oxygen atoms in total. The van der Waals surface area contributed by atoms with E-state index in [2.05, 4.69) is 0 Å². The first kappa shape index (κ1) is 9.58. The van der Waals surface area contributed by atoms with E-state index < -0.39 is 17.4 Å². The Labute approximate surface area is 74.7 Å². The molecule has 68 valence electrons. The molecular formula is C10H8F2O. The van der Waals surface area contributed by atoms with Gasteiger partial charge in [0, 0.05) is 6.07 Å². The van der Waals surface area contributed by atoms with Crippen molar-refractivity contribution in [2.24, 2.45) is 0 Å². The average molecular weight is 182 g/mol. The van der Waals surface area contributed by atoms with Gasteiger partial charge in [-0.3, -0.25) is 4.79 Å². The summed E-state index contributed by atoms with van der Waals surface area (Å²) in [6, 6.07) is 2.88. The molecule has 0 bridgehead atoms. The van der Waals surface area contributed by atoms with E-state index in [0.717, 1.165) is 12.1 Å². The highest BCUT2D eigenvalue weighted by molar-refractivity contribution is 6.04. The fourth-order valence-electron chi connectivity index (χ4n) is 0.930. The van der Waals surface area contributed by atoms with Crippen molar-refractivity contribution in [1.29, 1.82) is 0 Å². The van der Waals surface area contributed by atoms with Crippen molar-refractivity contribution in [2.45, 2.75) is 6.92 Å². The van der Waals surface area contributed by atoms with Crippen LogP contribution in [0.3, 0.4) is 0 Å². The van der Waals surface area contributed by atoms with Crippen LogP contribution in [0.5, 0.6) is 0 Å². The Balaban J connectivity index is 3.09. The van der Waals surface area contributed by atoms with Crippen molar-refractivity contribution >= 4 is 5.78 Å². The third-order valence-electron chi connectivity index (χ3n) is 1.51. The molecule has 0 radical (unpaired) electrons. The van der Waals surface area contributed by atoms with E-state index in [1.807, 2.05) is 0 Å². The number of carbonyl (C=O) groups is 1. The van der Waals surface area contributed by atoms with E-state index in [0.29, 0.717) is 6.07 Å². The van der Waals surface area contributed by atoms with E-state index >= 15 is 0 Å². The van der Waals surface area contributed by atoms with Crippen LogP contribution in [0.2, 0.25) is 0 Å². The van der Waals surface area contributed by atoms with Crippen LogP contribution in [0.1, 0.15) is 17.3 Å². The number of rotatable bonds is 2.